The number of urea groups is 1. The minimum absolute atomic E-state index is 0.0961. The Morgan fingerprint density at radius 1 is 1.41 bits per heavy atom. The third-order valence-electron chi connectivity index (χ3n) is 3.57. The number of nitrogens with one attached hydrogen (secondary N) is 2. The molecule has 0 aliphatic rings. The van der Waals surface area contributed by atoms with E-state index in [2.05, 4.69) is 15.7 Å². The maximum absolute atomic E-state index is 12.0. The third-order valence-corrected chi connectivity index (χ3v) is 3.57. The third kappa shape index (κ3) is 3.85. The highest BCUT2D eigenvalue weighted by Gasteiger charge is 2.25. The molecule has 6 heteroatoms. The van der Waals surface area contributed by atoms with Gasteiger partial charge in [-0.15, -0.1) is 0 Å². The Morgan fingerprint density at radius 2 is 2.14 bits per heavy atom. The predicted octanol–water partition coefficient (Wildman–Crippen LogP) is 2.01. The first-order valence-electron chi connectivity index (χ1n) is 7.26. The quantitative estimate of drug-likeness (QED) is 0.790. The van der Waals surface area contributed by atoms with E-state index in [1.54, 1.807) is 31.0 Å². The number of rotatable bonds is 5. The molecule has 6 nitrogen and oxygen atoms in total. The highest BCUT2D eigenvalue weighted by atomic mass is 16.3. The van der Waals surface area contributed by atoms with Gasteiger partial charge in [0, 0.05) is 24.5 Å². The predicted molar refractivity (Wildman–Crippen MR) is 85.6 cm³/mol. The summed E-state index contributed by atoms with van der Waals surface area (Å²) in [5.41, 5.74) is 1.33. The topological polar surface area (TPSA) is 79.2 Å². The number of hydrogen-bond donors (Lipinski definition) is 3. The molecule has 22 heavy (non-hydrogen) atoms. The number of hydrogen-bond acceptors (Lipinski definition) is 3. The normalized spacial score (nSPS) is 13.5. The maximum Gasteiger partial charge on any atom is 0.319 e. The number of nitrogens with zero attached hydrogens (tertiary/aromatic N) is 2. The second-order valence-corrected chi connectivity index (χ2v) is 5.49. The van der Waals surface area contributed by atoms with Gasteiger partial charge in [0.2, 0.25) is 0 Å². The van der Waals surface area contributed by atoms with Crippen LogP contribution in [0.4, 0.5) is 10.5 Å². The van der Waals surface area contributed by atoms with Crippen molar-refractivity contribution in [2.24, 2.45) is 7.05 Å². The maximum atomic E-state index is 12.0. The van der Waals surface area contributed by atoms with Crippen molar-refractivity contribution in [3.8, 4) is 0 Å². The molecule has 0 saturated heterocycles. The van der Waals surface area contributed by atoms with Crippen LogP contribution >= 0.6 is 0 Å². The highest BCUT2D eigenvalue weighted by Crippen LogP contribution is 2.19. The van der Waals surface area contributed by atoms with Crippen molar-refractivity contribution in [3.63, 3.8) is 0 Å². The van der Waals surface area contributed by atoms with Gasteiger partial charge in [0.25, 0.3) is 0 Å². The Bertz CT molecular complexity index is 649. The molecule has 1 aromatic heterocycles. The van der Waals surface area contributed by atoms with Gasteiger partial charge in [0.1, 0.15) is 5.60 Å². The monoisotopic (exact) mass is 302 g/mol. The van der Waals surface area contributed by atoms with E-state index in [0.717, 1.165) is 17.7 Å². The number of aliphatic hydroxyl groups is 1. The summed E-state index contributed by atoms with van der Waals surface area (Å²) in [4.78, 5) is 12.0. The Hall–Kier alpha value is -2.34. The Kier molecular flexibility index (Phi) is 4.82. The average Bonchev–Trinajstić information content (AvgIpc) is 2.93. The zero-order chi connectivity index (χ0) is 16.2. The fourth-order valence-electron chi connectivity index (χ4n) is 2.17. The van der Waals surface area contributed by atoms with Crippen molar-refractivity contribution in [1.29, 1.82) is 0 Å². The van der Waals surface area contributed by atoms with Crippen LogP contribution in [-0.4, -0.2) is 27.5 Å². The number of carbonyl (C=O) groups is 1. The standard InChI is InChI=1S/C16H22N4O2/c1-4-12-7-5-6-8-14(12)19-15(21)17-11-16(2,22)13-9-18-20(3)10-13/h5-10,22H,4,11H2,1-3H3,(H2,17,19,21). The van der Waals surface area contributed by atoms with Gasteiger partial charge in [0.05, 0.1) is 12.7 Å². The number of carbonyl (C=O) groups excluding carboxylic acids is 1. The molecule has 0 saturated carbocycles. The molecule has 1 atom stereocenters. The van der Waals surface area contributed by atoms with E-state index >= 15 is 0 Å². The highest BCUT2D eigenvalue weighted by molar-refractivity contribution is 5.90. The molecule has 0 fully saturated rings. The fraction of sp³-hybridized carbons (Fsp3) is 0.375. The first-order valence-corrected chi connectivity index (χ1v) is 7.26. The molecule has 0 bridgehead atoms. The number of aromatic nitrogens is 2. The van der Waals surface area contributed by atoms with Crippen LogP contribution < -0.4 is 10.6 Å². The second-order valence-electron chi connectivity index (χ2n) is 5.49. The van der Waals surface area contributed by atoms with Crippen LogP contribution in [0.25, 0.3) is 0 Å². The van der Waals surface area contributed by atoms with Gasteiger partial charge in [-0.25, -0.2) is 4.79 Å². The molecule has 0 spiro atoms. The van der Waals surface area contributed by atoms with Gasteiger partial charge in [-0.3, -0.25) is 4.68 Å². The zero-order valence-electron chi connectivity index (χ0n) is 13.1. The van der Waals surface area contributed by atoms with Crippen molar-refractivity contribution in [3.05, 3.63) is 47.8 Å². The molecule has 2 rings (SSSR count). The largest absolute Gasteiger partial charge is 0.383 e. The zero-order valence-corrected chi connectivity index (χ0v) is 13.1. The summed E-state index contributed by atoms with van der Waals surface area (Å²) in [6, 6.07) is 7.31. The Morgan fingerprint density at radius 3 is 2.77 bits per heavy atom. The van der Waals surface area contributed by atoms with E-state index in [0.29, 0.717) is 5.56 Å². The lowest BCUT2D eigenvalue weighted by Crippen LogP contribution is -2.40. The van der Waals surface area contributed by atoms with Crippen LogP contribution in [0.2, 0.25) is 0 Å². The van der Waals surface area contributed by atoms with Crippen molar-refractivity contribution in [1.82, 2.24) is 15.1 Å². The van der Waals surface area contributed by atoms with E-state index in [1.165, 1.54) is 0 Å². The van der Waals surface area contributed by atoms with Crippen LogP contribution in [0.15, 0.2) is 36.7 Å². The molecule has 118 valence electrons. The summed E-state index contributed by atoms with van der Waals surface area (Å²) >= 11 is 0. The first-order chi connectivity index (χ1) is 10.4. The number of anilines is 1. The first kappa shape index (κ1) is 16.0. The molecule has 0 aliphatic heterocycles. The molecular weight excluding hydrogens is 280 g/mol. The summed E-state index contributed by atoms with van der Waals surface area (Å²) in [7, 11) is 1.78. The molecule has 1 aromatic carbocycles. The van der Waals surface area contributed by atoms with Crippen LogP contribution in [-0.2, 0) is 19.1 Å². The molecular formula is C16H22N4O2. The number of para-hydroxylation sites is 1. The van der Waals surface area contributed by atoms with E-state index in [-0.39, 0.29) is 12.6 Å². The summed E-state index contributed by atoms with van der Waals surface area (Å²) < 4.78 is 1.61. The molecule has 2 amide bonds. The molecule has 0 radical (unpaired) electrons. The van der Waals surface area contributed by atoms with Crippen LogP contribution in [0.1, 0.15) is 25.0 Å². The molecule has 1 unspecified atom stereocenters. The van der Waals surface area contributed by atoms with Crippen molar-refractivity contribution < 1.29 is 9.90 Å². The summed E-state index contributed by atoms with van der Waals surface area (Å²) in [6.07, 6.45) is 4.15. The van der Waals surface area contributed by atoms with Gasteiger partial charge in [-0.1, -0.05) is 25.1 Å². The van der Waals surface area contributed by atoms with Gasteiger partial charge in [0.15, 0.2) is 0 Å². The Labute approximate surface area is 130 Å². The average molecular weight is 302 g/mol. The number of amides is 2. The smallest absolute Gasteiger partial charge is 0.319 e. The summed E-state index contributed by atoms with van der Waals surface area (Å²) in [6.45, 7) is 3.77. The van der Waals surface area contributed by atoms with Crippen molar-refractivity contribution in [2.75, 3.05) is 11.9 Å². The minimum atomic E-state index is -1.17. The van der Waals surface area contributed by atoms with Gasteiger partial charge in [-0.2, -0.15) is 5.10 Å². The molecule has 2 aromatic rings. The fourth-order valence-corrected chi connectivity index (χ4v) is 2.17. The minimum Gasteiger partial charge on any atom is -0.383 e. The van der Waals surface area contributed by atoms with Crippen LogP contribution in [0, 0.1) is 0 Å². The molecule has 3 N–H and O–H groups in total. The lowest BCUT2D eigenvalue weighted by Gasteiger charge is -2.22. The lowest BCUT2D eigenvalue weighted by atomic mass is 10.00. The van der Waals surface area contributed by atoms with E-state index in [1.807, 2.05) is 31.2 Å². The van der Waals surface area contributed by atoms with E-state index < -0.39 is 5.60 Å². The SMILES string of the molecule is CCc1ccccc1NC(=O)NCC(C)(O)c1cnn(C)c1. The van der Waals surface area contributed by atoms with E-state index in [4.69, 9.17) is 0 Å². The molecule has 0 aliphatic carbocycles. The van der Waals surface area contributed by atoms with Crippen molar-refractivity contribution in [2.45, 2.75) is 25.9 Å². The number of benzene rings is 1. The van der Waals surface area contributed by atoms with Crippen LogP contribution in [0.3, 0.4) is 0 Å². The van der Waals surface area contributed by atoms with Gasteiger partial charge in [-0.05, 0) is 25.0 Å². The van der Waals surface area contributed by atoms with Gasteiger partial charge < -0.3 is 15.7 Å². The van der Waals surface area contributed by atoms with E-state index in [9.17, 15) is 9.90 Å². The van der Waals surface area contributed by atoms with Crippen molar-refractivity contribution >= 4 is 11.7 Å². The lowest BCUT2D eigenvalue weighted by molar-refractivity contribution is 0.0599. The summed E-state index contributed by atoms with van der Waals surface area (Å²) in [5, 5.41) is 19.9. The molecule has 1 heterocycles. The number of aryl methyl sites for hydroxylation is 2. The summed E-state index contributed by atoms with van der Waals surface area (Å²) in [5.74, 6) is 0. The Balaban J connectivity index is 1.95. The van der Waals surface area contributed by atoms with Gasteiger partial charge >= 0.3 is 6.03 Å². The van der Waals surface area contributed by atoms with Crippen LogP contribution in [0.5, 0.6) is 0 Å². The second kappa shape index (κ2) is 6.62.